The van der Waals surface area contributed by atoms with Crippen molar-refractivity contribution in [3.05, 3.63) is 64.4 Å². The third kappa shape index (κ3) is 5.41. The summed E-state index contributed by atoms with van der Waals surface area (Å²) in [5, 5.41) is 3.18. The smallest absolute Gasteiger partial charge is 0.322 e. The van der Waals surface area contributed by atoms with Gasteiger partial charge >= 0.3 is 6.03 Å². The van der Waals surface area contributed by atoms with Gasteiger partial charge in [-0.15, -0.1) is 0 Å². The fourth-order valence-electron chi connectivity index (χ4n) is 4.55. The van der Waals surface area contributed by atoms with Crippen molar-refractivity contribution in [3.63, 3.8) is 0 Å². The monoisotopic (exact) mass is 473 g/mol. The van der Waals surface area contributed by atoms with Gasteiger partial charge in [0.2, 0.25) is 0 Å². The minimum Gasteiger partial charge on any atom is -0.335 e. The molecule has 2 aliphatic heterocycles. The van der Waals surface area contributed by atoms with Crippen molar-refractivity contribution < 1.29 is 9.18 Å². The Morgan fingerprint density at radius 1 is 1.03 bits per heavy atom. The first-order chi connectivity index (χ1) is 14.6. The lowest BCUT2D eigenvalue weighted by atomic mass is 9.90. The molecular weight excluding hydrogens is 445 g/mol. The van der Waals surface area contributed by atoms with E-state index in [0.29, 0.717) is 5.92 Å². The van der Waals surface area contributed by atoms with Crippen molar-refractivity contribution in [1.29, 1.82) is 0 Å². The van der Waals surface area contributed by atoms with E-state index in [-0.39, 0.29) is 17.9 Å². The number of carbonyl (C=O) groups is 1. The first-order valence-corrected chi connectivity index (χ1v) is 11.7. The number of rotatable bonds is 6. The van der Waals surface area contributed by atoms with Gasteiger partial charge in [-0.2, -0.15) is 0 Å². The molecule has 0 aromatic heterocycles. The Kier molecular flexibility index (Phi) is 7.05. The molecule has 2 aromatic carbocycles. The van der Waals surface area contributed by atoms with Gasteiger partial charge in [-0.1, -0.05) is 34.1 Å². The van der Waals surface area contributed by atoms with Crippen LogP contribution in [-0.2, 0) is 6.42 Å². The van der Waals surface area contributed by atoms with E-state index in [2.05, 4.69) is 26.1 Å². The van der Waals surface area contributed by atoms with Crippen LogP contribution >= 0.6 is 15.9 Å². The van der Waals surface area contributed by atoms with Gasteiger partial charge in [0.15, 0.2) is 0 Å². The molecule has 30 heavy (non-hydrogen) atoms. The predicted molar refractivity (Wildman–Crippen MR) is 122 cm³/mol. The molecule has 2 fully saturated rings. The lowest BCUT2D eigenvalue weighted by Gasteiger charge is -2.36. The molecule has 0 bridgehead atoms. The largest absolute Gasteiger partial charge is 0.335 e. The van der Waals surface area contributed by atoms with Crippen LogP contribution in [0.2, 0.25) is 0 Å². The van der Waals surface area contributed by atoms with Crippen LogP contribution in [0, 0.1) is 11.7 Å². The normalized spacial score (nSPS) is 20.9. The van der Waals surface area contributed by atoms with Crippen molar-refractivity contribution >= 4 is 27.6 Å². The molecule has 1 N–H and O–H groups in total. The zero-order valence-electron chi connectivity index (χ0n) is 17.2. The second-order valence-electron chi connectivity index (χ2n) is 8.44. The molecule has 4 rings (SSSR count). The molecule has 1 atom stereocenters. The summed E-state index contributed by atoms with van der Waals surface area (Å²) in [6.07, 6.45) is 5.18. The van der Waals surface area contributed by atoms with Gasteiger partial charge in [-0.25, -0.2) is 9.18 Å². The number of nitrogens with zero attached hydrogens (tertiary/aromatic N) is 2. The summed E-state index contributed by atoms with van der Waals surface area (Å²) < 4.78 is 14.5. The van der Waals surface area contributed by atoms with Crippen LogP contribution in [0.3, 0.4) is 0 Å². The highest BCUT2D eigenvalue weighted by molar-refractivity contribution is 9.10. The molecule has 6 heteroatoms. The number of amides is 2. The van der Waals surface area contributed by atoms with E-state index >= 15 is 0 Å². The average Bonchev–Trinajstić information content (AvgIpc) is 2.76. The Hall–Kier alpha value is -1.92. The Bertz CT molecular complexity index is 855. The number of carbonyl (C=O) groups excluding carboxylic acids is 1. The van der Waals surface area contributed by atoms with Crippen LogP contribution in [0.5, 0.6) is 0 Å². The molecule has 0 spiro atoms. The third-order valence-electron chi connectivity index (χ3n) is 6.36. The van der Waals surface area contributed by atoms with Crippen LogP contribution in [0.15, 0.2) is 53.0 Å². The Morgan fingerprint density at radius 3 is 2.53 bits per heavy atom. The number of hydrogen-bond donors (Lipinski definition) is 1. The van der Waals surface area contributed by atoms with Gasteiger partial charge < -0.3 is 10.2 Å². The Balaban J connectivity index is 1.19. The number of piperidine rings is 1. The number of urea groups is 1. The highest BCUT2D eigenvalue weighted by Gasteiger charge is 2.27. The van der Waals surface area contributed by atoms with Crippen LogP contribution in [0.25, 0.3) is 0 Å². The number of likely N-dealkylation sites (tertiary alicyclic amines) is 1. The highest BCUT2D eigenvalue weighted by Crippen LogP contribution is 2.27. The fourth-order valence-corrected chi connectivity index (χ4v) is 4.95. The van der Waals surface area contributed by atoms with Crippen molar-refractivity contribution in [1.82, 2.24) is 10.2 Å². The summed E-state index contributed by atoms with van der Waals surface area (Å²) in [6.45, 7) is 3.95. The van der Waals surface area contributed by atoms with Gasteiger partial charge in [0, 0.05) is 29.3 Å². The second-order valence-corrected chi connectivity index (χ2v) is 9.29. The molecule has 2 aliphatic rings. The second kappa shape index (κ2) is 9.92. The van der Waals surface area contributed by atoms with Crippen LogP contribution in [-0.4, -0.2) is 43.2 Å². The maximum absolute atomic E-state index is 13.5. The molecule has 160 valence electrons. The van der Waals surface area contributed by atoms with Gasteiger partial charge in [0.25, 0.3) is 0 Å². The molecule has 0 saturated carbocycles. The lowest BCUT2D eigenvalue weighted by molar-refractivity contribution is 0.174. The van der Waals surface area contributed by atoms with Crippen LogP contribution < -0.4 is 10.2 Å². The van der Waals surface area contributed by atoms with Gasteiger partial charge in [0.05, 0.1) is 0 Å². The van der Waals surface area contributed by atoms with Gasteiger partial charge in [-0.05, 0) is 87.0 Å². The fraction of sp³-hybridized carbons (Fsp3) is 0.458. The van der Waals surface area contributed by atoms with Crippen LogP contribution in [0.1, 0.15) is 31.2 Å². The number of benzene rings is 2. The lowest BCUT2D eigenvalue weighted by Crippen LogP contribution is -2.52. The quantitative estimate of drug-likeness (QED) is 0.623. The summed E-state index contributed by atoms with van der Waals surface area (Å²) in [5.74, 6) is 0.444. The number of anilines is 1. The standard InChI is InChI=1S/C24H29BrFN3O/c25-23-7-6-20(26)17-19(23)16-18-8-12-28(13-9-18)14-10-21-11-15-29(24(30)27-21)22-4-2-1-3-5-22/h1-7,17-18,21H,8-16H2,(H,27,30). The van der Waals surface area contributed by atoms with Crippen molar-refractivity contribution in [2.45, 2.75) is 38.1 Å². The molecule has 1 unspecified atom stereocenters. The summed E-state index contributed by atoms with van der Waals surface area (Å²) in [6, 6.07) is 15.1. The molecule has 2 heterocycles. The van der Waals surface area contributed by atoms with Gasteiger partial charge in [-0.3, -0.25) is 4.90 Å². The van der Waals surface area contributed by atoms with E-state index < -0.39 is 0 Å². The highest BCUT2D eigenvalue weighted by atomic mass is 79.9. The van der Waals surface area contributed by atoms with E-state index in [0.717, 1.165) is 74.0 Å². The van der Waals surface area contributed by atoms with E-state index in [4.69, 9.17) is 0 Å². The van der Waals surface area contributed by atoms with Crippen LogP contribution in [0.4, 0.5) is 14.9 Å². The predicted octanol–water partition coefficient (Wildman–Crippen LogP) is 5.22. The molecule has 2 saturated heterocycles. The molecule has 0 radical (unpaired) electrons. The molecule has 2 aromatic rings. The number of nitrogens with one attached hydrogen (secondary N) is 1. The SMILES string of the molecule is O=C1NC(CCN2CCC(Cc3cc(F)ccc3Br)CC2)CCN1c1ccccc1. The van der Waals surface area contributed by atoms with E-state index in [1.165, 1.54) is 6.07 Å². The van der Waals surface area contributed by atoms with Crippen molar-refractivity contribution in [2.75, 3.05) is 31.1 Å². The third-order valence-corrected chi connectivity index (χ3v) is 7.13. The van der Waals surface area contributed by atoms with E-state index in [1.807, 2.05) is 35.2 Å². The summed E-state index contributed by atoms with van der Waals surface area (Å²) in [7, 11) is 0. The molecule has 2 amide bonds. The summed E-state index contributed by atoms with van der Waals surface area (Å²) in [5.41, 5.74) is 2.03. The van der Waals surface area contributed by atoms with Gasteiger partial charge in [0.1, 0.15) is 5.82 Å². The number of hydrogen-bond acceptors (Lipinski definition) is 2. The molecular formula is C24H29BrFN3O. The number of halogens is 2. The first kappa shape index (κ1) is 21.3. The van der Waals surface area contributed by atoms with E-state index in [1.54, 1.807) is 12.1 Å². The summed E-state index contributed by atoms with van der Waals surface area (Å²) in [4.78, 5) is 16.8. The maximum Gasteiger partial charge on any atom is 0.322 e. The summed E-state index contributed by atoms with van der Waals surface area (Å²) >= 11 is 3.55. The zero-order valence-corrected chi connectivity index (χ0v) is 18.8. The average molecular weight is 474 g/mol. The number of para-hydroxylation sites is 1. The van der Waals surface area contributed by atoms with Crippen molar-refractivity contribution in [3.8, 4) is 0 Å². The topological polar surface area (TPSA) is 35.6 Å². The van der Waals surface area contributed by atoms with E-state index in [9.17, 15) is 9.18 Å². The maximum atomic E-state index is 13.5. The minimum absolute atomic E-state index is 0.0110. The van der Waals surface area contributed by atoms with Crippen molar-refractivity contribution in [2.24, 2.45) is 5.92 Å². The zero-order chi connectivity index (χ0) is 20.9. The molecule has 4 nitrogen and oxygen atoms in total. The molecule has 0 aliphatic carbocycles. The minimum atomic E-state index is -0.161. The first-order valence-electron chi connectivity index (χ1n) is 10.9. The Labute approximate surface area is 186 Å². The Morgan fingerprint density at radius 2 is 1.80 bits per heavy atom.